The zero-order chi connectivity index (χ0) is 13.0. The van der Waals surface area contributed by atoms with Gasteiger partial charge in [-0.25, -0.2) is 4.39 Å². The fraction of sp³-hybridized carbons (Fsp3) is 0.143. The maximum absolute atomic E-state index is 13.1. The first-order chi connectivity index (χ1) is 8.65. The SMILES string of the molecule is Fc1ccc(Br)c(CNCc2ccc(I)cc2)c1. The molecule has 1 nitrogen and oxygen atoms in total. The summed E-state index contributed by atoms with van der Waals surface area (Å²) in [4.78, 5) is 0. The van der Waals surface area contributed by atoms with Crippen molar-refractivity contribution in [3.8, 4) is 0 Å². The van der Waals surface area contributed by atoms with Crippen molar-refractivity contribution in [2.75, 3.05) is 0 Å². The Morgan fingerprint density at radius 1 is 1.06 bits per heavy atom. The predicted octanol–water partition coefficient (Wildman–Crippen LogP) is 4.48. The Morgan fingerprint density at radius 2 is 1.78 bits per heavy atom. The molecule has 0 bridgehead atoms. The van der Waals surface area contributed by atoms with Gasteiger partial charge in [-0.3, -0.25) is 0 Å². The molecule has 0 spiro atoms. The van der Waals surface area contributed by atoms with Crippen molar-refractivity contribution in [2.24, 2.45) is 0 Å². The summed E-state index contributed by atoms with van der Waals surface area (Å²) in [5.41, 5.74) is 2.16. The molecular formula is C14H12BrFIN. The van der Waals surface area contributed by atoms with Crippen LogP contribution in [-0.2, 0) is 13.1 Å². The molecule has 0 aliphatic rings. The number of halogens is 3. The standard InChI is InChI=1S/C14H12BrFIN/c15-14-6-3-12(16)7-11(14)9-18-8-10-1-4-13(17)5-2-10/h1-7,18H,8-9H2. The molecule has 2 aromatic rings. The highest BCUT2D eigenvalue weighted by molar-refractivity contribution is 14.1. The van der Waals surface area contributed by atoms with Crippen LogP contribution in [0.4, 0.5) is 4.39 Å². The minimum absolute atomic E-state index is 0.204. The summed E-state index contributed by atoms with van der Waals surface area (Å²) in [5, 5.41) is 3.31. The topological polar surface area (TPSA) is 12.0 Å². The van der Waals surface area contributed by atoms with Gasteiger partial charge >= 0.3 is 0 Å². The van der Waals surface area contributed by atoms with Crippen LogP contribution >= 0.6 is 38.5 Å². The first kappa shape index (κ1) is 14.0. The monoisotopic (exact) mass is 419 g/mol. The van der Waals surface area contributed by atoms with E-state index in [4.69, 9.17) is 0 Å². The lowest BCUT2D eigenvalue weighted by Gasteiger charge is -2.07. The second-order valence-electron chi connectivity index (χ2n) is 3.97. The molecule has 2 aromatic carbocycles. The van der Waals surface area contributed by atoms with Crippen LogP contribution in [0.3, 0.4) is 0 Å². The van der Waals surface area contributed by atoms with Crippen molar-refractivity contribution in [2.45, 2.75) is 13.1 Å². The molecule has 1 N–H and O–H groups in total. The maximum atomic E-state index is 13.1. The number of hydrogen-bond donors (Lipinski definition) is 1. The van der Waals surface area contributed by atoms with Crippen LogP contribution in [0, 0.1) is 9.39 Å². The minimum atomic E-state index is -0.204. The van der Waals surface area contributed by atoms with Crippen LogP contribution in [0.1, 0.15) is 11.1 Å². The molecular weight excluding hydrogens is 408 g/mol. The summed E-state index contributed by atoms with van der Waals surface area (Å²) < 4.78 is 15.2. The highest BCUT2D eigenvalue weighted by atomic mass is 127. The normalized spacial score (nSPS) is 10.6. The molecule has 0 saturated carbocycles. The van der Waals surface area contributed by atoms with E-state index >= 15 is 0 Å². The molecule has 0 heterocycles. The van der Waals surface area contributed by atoms with Gasteiger partial charge in [0.2, 0.25) is 0 Å². The lowest BCUT2D eigenvalue weighted by atomic mass is 10.2. The van der Waals surface area contributed by atoms with E-state index in [1.165, 1.54) is 15.2 Å². The number of benzene rings is 2. The largest absolute Gasteiger partial charge is 0.309 e. The smallest absolute Gasteiger partial charge is 0.123 e. The quantitative estimate of drug-likeness (QED) is 0.720. The Kier molecular flexibility index (Phi) is 5.14. The third kappa shape index (κ3) is 4.03. The van der Waals surface area contributed by atoms with E-state index in [9.17, 15) is 4.39 Å². The molecule has 0 atom stereocenters. The Labute approximate surface area is 128 Å². The van der Waals surface area contributed by atoms with Crippen molar-refractivity contribution in [3.05, 3.63) is 67.5 Å². The molecule has 0 aliphatic carbocycles. The molecule has 2 rings (SSSR count). The fourth-order valence-electron chi connectivity index (χ4n) is 1.62. The van der Waals surface area contributed by atoms with Gasteiger partial charge in [-0.1, -0.05) is 28.1 Å². The van der Waals surface area contributed by atoms with Crippen molar-refractivity contribution in [1.29, 1.82) is 0 Å². The molecule has 0 unspecified atom stereocenters. The highest BCUT2D eigenvalue weighted by Gasteiger charge is 2.01. The number of nitrogens with one attached hydrogen (secondary N) is 1. The molecule has 94 valence electrons. The van der Waals surface area contributed by atoms with Crippen molar-refractivity contribution >= 4 is 38.5 Å². The summed E-state index contributed by atoms with van der Waals surface area (Å²) in [6, 6.07) is 13.1. The summed E-state index contributed by atoms with van der Waals surface area (Å²) in [6.07, 6.45) is 0. The molecule has 0 amide bonds. The first-order valence-corrected chi connectivity index (χ1v) is 7.41. The molecule has 0 saturated heterocycles. The fourth-order valence-corrected chi connectivity index (χ4v) is 2.37. The molecule has 0 aromatic heterocycles. The second-order valence-corrected chi connectivity index (χ2v) is 6.07. The van der Waals surface area contributed by atoms with Crippen LogP contribution in [-0.4, -0.2) is 0 Å². The van der Waals surface area contributed by atoms with Gasteiger partial charge < -0.3 is 5.32 Å². The molecule has 0 aliphatic heterocycles. The average molecular weight is 420 g/mol. The van der Waals surface area contributed by atoms with Gasteiger partial charge in [-0.2, -0.15) is 0 Å². The summed E-state index contributed by atoms with van der Waals surface area (Å²) in [6.45, 7) is 1.42. The zero-order valence-corrected chi connectivity index (χ0v) is 13.3. The van der Waals surface area contributed by atoms with E-state index in [1.54, 1.807) is 12.1 Å². The van der Waals surface area contributed by atoms with Gasteiger partial charge in [-0.15, -0.1) is 0 Å². The van der Waals surface area contributed by atoms with Crippen molar-refractivity contribution < 1.29 is 4.39 Å². The zero-order valence-electron chi connectivity index (χ0n) is 9.59. The highest BCUT2D eigenvalue weighted by Crippen LogP contribution is 2.17. The summed E-state index contributed by atoms with van der Waals surface area (Å²) in [5.74, 6) is -0.204. The van der Waals surface area contributed by atoms with Crippen molar-refractivity contribution in [1.82, 2.24) is 5.32 Å². The van der Waals surface area contributed by atoms with Crippen LogP contribution in [0.2, 0.25) is 0 Å². The van der Waals surface area contributed by atoms with Crippen LogP contribution < -0.4 is 5.32 Å². The average Bonchev–Trinajstić information content (AvgIpc) is 2.36. The van der Waals surface area contributed by atoms with E-state index in [1.807, 2.05) is 0 Å². The van der Waals surface area contributed by atoms with Crippen LogP contribution in [0.5, 0.6) is 0 Å². The van der Waals surface area contributed by atoms with Crippen molar-refractivity contribution in [3.63, 3.8) is 0 Å². The number of hydrogen-bond acceptors (Lipinski definition) is 1. The lowest BCUT2D eigenvalue weighted by Crippen LogP contribution is -2.13. The van der Waals surface area contributed by atoms with Crippen LogP contribution in [0.15, 0.2) is 46.9 Å². The Hall–Kier alpha value is -0.460. The molecule has 18 heavy (non-hydrogen) atoms. The van der Waals surface area contributed by atoms with E-state index in [2.05, 4.69) is 68.1 Å². The maximum Gasteiger partial charge on any atom is 0.123 e. The molecule has 0 radical (unpaired) electrons. The van der Waals surface area contributed by atoms with Gasteiger partial charge in [0, 0.05) is 21.1 Å². The predicted molar refractivity (Wildman–Crippen MR) is 83.8 cm³/mol. The van der Waals surface area contributed by atoms with Gasteiger partial charge in [0.05, 0.1) is 0 Å². The summed E-state index contributed by atoms with van der Waals surface area (Å²) in [7, 11) is 0. The third-order valence-corrected chi connectivity index (χ3v) is 4.06. The van der Waals surface area contributed by atoms with Gasteiger partial charge in [-0.05, 0) is 64.0 Å². The second kappa shape index (κ2) is 6.63. The Morgan fingerprint density at radius 3 is 2.50 bits per heavy atom. The van der Waals surface area contributed by atoms with Gasteiger partial charge in [0.1, 0.15) is 5.82 Å². The molecule has 4 heteroatoms. The Bertz CT molecular complexity index is 528. The molecule has 0 fully saturated rings. The third-order valence-electron chi connectivity index (χ3n) is 2.57. The summed E-state index contributed by atoms with van der Waals surface area (Å²) >= 11 is 5.70. The first-order valence-electron chi connectivity index (χ1n) is 5.54. The lowest BCUT2D eigenvalue weighted by molar-refractivity contribution is 0.619. The van der Waals surface area contributed by atoms with Gasteiger partial charge in [0.15, 0.2) is 0 Å². The van der Waals surface area contributed by atoms with E-state index in [0.717, 1.165) is 16.6 Å². The number of rotatable bonds is 4. The van der Waals surface area contributed by atoms with E-state index in [-0.39, 0.29) is 5.82 Å². The van der Waals surface area contributed by atoms with E-state index in [0.29, 0.717) is 6.54 Å². The minimum Gasteiger partial charge on any atom is -0.309 e. The van der Waals surface area contributed by atoms with E-state index < -0.39 is 0 Å². The Balaban J connectivity index is 1.92. The van der Waals surface area contributed by atoms with Crippen LogP contribution in [0.25, 0.3) is 0 Å². The van der Waals surface area contributed by atoms with Gasteiger partial charge in [0.25, 0.3) is 0 Å².